The highest BCUT2D eigenvalue weighted by Crippen LogP contribution is 2.39. The summed E-state index contributed by atoms with van der Waals surface area (Å²) < 4.78 is 1.94. The number of fused-ring (bicyclic) bond motifs is 1. The van der Waals surface area contributed by atoms with Gasteiger partial charge in [-0.1, -0.05) is 47.7 Å². The van der Waals surface area contributed by atoms with E-state index in [4.69, 9.17) is 0 Å². The van der Waals surface area contributed by atoms with Gasteiger partial charge < -0.3 is 4.90 Å². The van der Waals surface area contributed by atoms with Gasteiger partial charge in [0.2, 0.25) is 5.91 Å². The molecule has 126 valence electrons. The van der Waals surface area contributed by atoms with Crippen LogP contribution >= 0.6 is 0 Å². The fourth-order valence-electron chi connectivity index (χ4n) is 3.58. The molecule has 0 unspecified atom stereocenters. The molecule has 1 aromatic heterocycles. The van der Waals surface area contributed by atoms with Crippen LogP contribution in [0.3, 0.4) is 0 Å². The van der Waals surface area contributed by atoms with E-state index in [-0.39, 0.29) is 11.9 Å². The fourth-order valence-corrected chi connectivity index (χ4v) is 3.58. The maximum absolute atomic E-state index is 12.6. The van der Waals surface area contributed by atoms with Crippen LogP contribution in [0.4, 0.5) is 0 Å². The Morgan fingerprint density at radius 1 is 1.08 bits per heavy atom. The van der Waals surface area contributed by atoms with Crippen LogP contribution < -0.4 is 0 Å². The highest BCUT2D eigenvalue weighted by atomic mass is 16.2. The van der Waals surface area contributed by atoms with E-state index in [1.807, 2.05) is 27.8 Å². The van der Waals surface area contributed by atoms with Crippen LogP contribution in [0.15, 0.2) is 48.7 Å². The maximum Gasteiger partial charge on any atom is 0.227 e. The number of likely N-dealkylation sites (tertiary alicyclic amines) is 1. The summed E-state index contributed by atoms with van der Waals surface area (Å²) in [6, 6.07) is 14.7. The van der Waals surface area contributed by atoms with E-state index in [0.717, 1.165) is 24.3 Å². The average molecular weight is 332 g/mol. The number of amides is 1. The molecule has 5 nitrogen and oxygen atoms in total. The number of hydrogen-bond donors (Lipinski definition) is 0. The Balaban J connectivity index is 1.25. The van der Waals surface area contributed by atoms with Gasteiger partial charge >= 0.3 is 0 Å². The normalized spacial score (nSPS) is 17.7. The molecule has 25 heavy (non-hydrogen) atoms. The number of benzene rings is 2. The van der Waals surface area contributed by atoms with Crippen molar-refractivity contribution in [2.45, 2.75) is 31.2 Å². The first-order valence-corrected chi connectivity index (χ1v) is 8.94. The molecule has 3 aromatic rings. The lowest BCUT2D eigenvalue weighted by Crippen LogP contribution is -2.51. The van der Waals surface area contributed by atoms with Gasteiger partial charge in [0.25, 0.3) is 0 Å². The minimum absolute atomic E-state index is 0.190. The lowest BCUT2D eigenvalue weighted by molar-refractivity contribution is -0.136. The Morgan fingerprint density at radius 2 is 1.88 bits per heavy atom. The van der Waals surface area contributed by atoms with E-state index in [0.29, 0.717) is 12.3 Å². The second kappa shape index (κ2) is 5.69. The van der Waals surface area contributed by atoms with Gasteiger partial charge in [0.1, 0.15) is 0 Å². The molecule has 1 aliphatic heterocycles. The first kappa shape index (κ1) is 14.6. The zero-order chi connectivity index (χ0) is 16.8. The second-order valence-electron chi connectivity index (χ2n) is 7.17. The molecule has 2 heterocycles. The predicted molar refractivity (Wildman–Crippen MR) is 95.3 cm³/mol. The van der Waals surface area contributed by atoms with E-state index in [2.05, 4.69) is 40.8 Å². The SMILES string of the molecule is O=C(Cc1cccc2ccccc12)N1CC(n2cc(C3CC3)nn2)C1. The van der Waals surface area contributed by atoms with Crippen molar-refractivity contribution in [2.75, 3.05) is 13.1 Å². The minimum Gasteiger partial charge on any atom is -0.338 e. The Morgan fingerprint density at radius 3 is 2.72 bits per heavy atom. The lowest BCUT2D eigenvalue weighted by atomic mass is 10.0. The molecule has 0 bridgehead atoms. The van der Waals surface area contributed by atoms with E-state index >= 15 is 0 Å². The number of carbonyl (C=O) groups is 1. The van der Waals surface area contributed by atoms with Gasteiger partial charge in [0.05, 0.1) is 18.2 Å². The summed E-state index contributed by atoms with van der Waals surface area (Å²) in [6.45, 7) is 1.47. The summed E-state index contributed by atoms with van der Waals surface area (Å²) >= 11 is 0. The topological polar surface area (TPSA) is 51.0 Å². The monoisotopic (exact) mass is 332 g/mol. The molecule has 5 rings (SSSR count). The first-order chi connectivity index (χ1) is 12.3. The number of hydrogen-bond acceptors (Lipinski definition) is 3. The average Bonchev–Trinajstić information content (AvgIpc) is 3.33. The molecule has 0 spiro atoms. The van der Waals surface area contributed by atoms with Crippen LogP contribution in [0.5, 0.6) is 0 Å². The zero-order valence-corrected chi connectivity index (χ0v) is 14.0. The van der Waals surface area contributed by atoms with Crippen LogP contribution in [-0.4, -0.2) is 38.9 Å². The largest absolute Gasteiger partial charge is 0.338 e. The first-order valence-electron chi connectivity index (χ1n) is 8.94. The Bertz CT molecular complexity index is 932. The van der Waals surface area contributed by atoms with Crippen molar-refractivity contribution in [3.63, 3.8) is 0 Å². The summed E-state index contributed by atoms with van der Waals surface area (Å²) in [6.07, 6.45) is 4.99. The van der Waals surface area contributed by atoms with Crippen LogP contribution in [0.2, 0.25) is 0 Å². The van der Waals surface area contributed by atoms with Crippen LogP contribution in [0.1, 0.15) is 36.1 Å². The van der Waals surface area contributed by atoms with Crippen LogP contribution in [0.25, 0.3) is 10.8 Å². The molecule has 2 fully saturated rings. The van der Waals surface area contributed by atoms with Crippen molar-refractivity contribution in [1.29, 1.82) is 0 Å². The van der Waals surface area contributed by atoms with E-state index in [9.17, 15) is 4.79 Å². The van der Waals surface area contributed by atoms with Gasteiger partial charge in [-0.25, -0.2) is 4.68 Å². The van der Waals surface area contributed by atoms with Crippen molar-refractivity contribution >= 4 is 16.7 Å². The van der Waals surface area contributed by atoms with Crippen LogP contribution in [-0.2, 0) is 11.2 Å². The third kappa shape index (κ3) is 2.69. The highest BCUT2D eigenvalue weighted by Gasteiger charge is 2.34. The molecule has 2 aromatic carbocycles. The Labute approximate surface area is 146 Å². The summed E-state index contributed by atoms with van der Waals surface area (Å²) in [7, 11) is 0. The van der Waals surface area contributed by atoms with E-state index < -0.39 is 0 Å². The molecule has 1 amide bonds. The third-order valence-electron chi connectivity index (χ3n) is 5.33. The summed E-state index contributed by atoms with van der Waals surface area (Å²) in [5.41, 5.74) is 2.21. The summed E-state index contributed by atoms with van der Waals surface area (Å²) in [5.74, 6) is 0.813. The molecule has 2 aliphatic rings. The molecule has 0 radical (unpaired) electrons. The molecule has 0 N–H and O–H groups in total. The van der Waals surface area contributed by atoms with Gasteiger partial charge in [0, 0.05) is 25.2 Å². The minimum atomic E-state index is 0.190. The Kier molecular flexibility index (Phi) is 3.33. The number of carbonyl (C=O) groups excluding carboxylic acids is 1. The van der Waals surface area contributed by atoms with Gasteiger partial charge in [-0.3, -0.25) is 4.79 Å². The smallest absolute Gasteiger partial charge is 0.227 e. The number of aromatic nitrogens is 3. The quantitative estimate of drug-likeness (QED) is 0.738. The molecule has 5 heteroatoms. The van der Waals surface area contributed by atoms with Crippen molar-refractivity contribution in [1.82, 2.24) is 19.9 Å². The number of rotatable bonds is 4. The summed E-state index contributed by atoms with van der Waals surface area (Å²) in [5, 5.41) is 10.9. The lowest BCUT2D eigenvalue weighted by Gasteiger charge is -2.39. The molecule has 0 atom stereocenters. The summed E-state index contributed by atoms with van der Waals surface area (Å²) in [4.78, 5) is 14.5. The van der Waals surface area contributed by atoms with Gasteiger partial charge in [-0.15, -0.1) is 5.10 Å². The standard InChI is InChI=1S/C20H20N4O/c25-20(10-16-6-3-5-14-4-1-2-7-18(14)16)23-11-17(12-23)24-13-19(21-22-24)15-8-9-15/h1-7,13,15,17H,8-12H2. The van der Waals surface area contributed by atoms with Crippen molar-refractivity contribution in [3.8, 4) is 0 Å². The van der Waals surface area contributed by atoms with Crippen molar-refractivity contribution < 1.29 is 4.79 Å². The fraction of sp³-hybridized carbons (Fsp3) is 0.350. The van der Waals surface area contributed by atoms with Crippen molar-refractivity contribution in [2.24, 2.45) is 0 Å². The zero-order valence-electron chi connectivity index (χ0n) is 14.0. The molecular formula is C20H20N4O. The molecule has 1 aliphatic carbocycles. The molecule has 1 saturated carbocycles. The van der Waals surface area contributed by atoms with Crippen LogP contribution in [0, 0.1) is 0 Å². The maximum atomic E-state index is 12.6. The molecule has 1 saturated heterocycles. The van der Waals surface area contributed by atoms with E-state index in [1.165, 1.54) is 23.6 Å². The number of nitrogens with zero attached hydrogens (tertiary/aromatic N) is 4. The van der Waals surface area contributed by atoms with Gasteiger partial charge in [-0.05, 0) is 29.2 Å². The highest BCUT2D eigenvalue weighted by molar-refractivity contribution is 5.90. The third-order valence-corrected chi connectivity index (χ3v) is 5.33. The van der Waals surface area contributed by atoms with E-state index in [1.54, 1.807) is 0 Å². The Hall–Kier alpha value is -2.69. The van der Waals surface area contributed by atoms with Gasteiger partial charge in [-0.2, -0.15) is 0 Å². The predicted octanol–water partition coefficient (Wildman–Crippen LogP) is 2.93. The van der Waals surface area contributed by atoms with Gasteiger partial charge in [0.15, 0.2) is 0 Å². The van der Waals surface area contributed by atoms with Crippen molar-refractivity contribution in [3.05, 3.63) is 59.9 Å². The second-order valence-corrected chi connectivity index (χ2v) is 7.17. The molecular weight excluding hydrogens is 312 g/mol.